The number of aryl methyl sites for hydroxylation is 1. The maximum absolute atomic E-state index is 13.5. The second kappa shape index (κ2) is 8.48. The van der Waals surface area contributed by atoms with Crippen LogP contribution in [0.3, 0.4) is 0 Å². The Kier molecular flexibility index (Phi) is 6.59. The van der Waals surface area contributed by atoms with Crippen molar-refractivity contribution in [2.24, 2.45) is 0 Å². The number of aromatic hydroxyl groups is 1. The lowest BCUT2D eigenvalue weighted by molar-refractivity contribution is -0.137. The number of benzene rings is 2. The van der Waals surface area contributed by atoms with Gasteiger partial charge in [0.25, 0.3) is 0 Å². The van der Waals surface area contributed by atoms with Crippen molar-refractivity contribution in [3.8, 4) is 22.6 Å². The first-order valence-electron chi connectivity index (χ1n) is 8.09. The van der Waals surface area contributed by atoms with Gasteiger partial charge in [-0.25, -0.2) is 0 Å². The minimum Gasteiger partial charge on any atom is -0.508 e. The number of alkyl halides is 4. The summed E-state index contributed by atoms with van der Waals surface area (Å²) in [6.07, 6.45) is -2.46. The van der Waals surface area contributed by atoms with Crippen LogP contribution in [0.2, 0.25) is 0 Å². The highest BCUT2D eigenvalue weighted by atomic mass is 35.5. The molecule has 0 radical (unpaired) electrons. The van der Waals surface area contributed by atoms with Crippen LogP contribution in [0, 0.1) is 0 Å². The molecule has 0 aliphatic rings. The molecule has 0 atom stereocenters. The lowest BCUT2D eigenvalue weighted by Crippen LogP contribution is -2.09. The fraction of sp³-hybridized carbons (Fsp3) is 0.368. The molecule has 0 saturated carbocycles. The Morgan fingerprint density at radius 2 is 1.92 bits per heavy atom. The highest BCUT2D eigenvalue weighted by Crippen LogP contribution is 2.41. The van der Waals surface area contributed by atoms with Crippen LogP contribution in [-0.4, -0.2) is 17.6 Å². The second-order valence-corrected chi connectivity index (χ2v) is 6.07. The molecule has 0 aromatic heterocycles. The van der Waals surface area contributed by atoms with E-state index in [1.165, 1.54) is 24.3 Å². The molecule has 1 N–H and O–H groups in total. The minimum absolute atomic E-state index is 0.0342. The summed E-state index contributed by atoms with van der Waals surface area (Å²) in [5.74, 6) is 0.405. The van der Waals surface area contributed by atoms with Crippen LogP contribution in [0.15, 0.2) is 36.4 Å². The fourth-order valence-electron chi connectivity index (χ4n) is 2.63. The third-order valence-electron chi connectivity index (χ3n) is 3.77. The van der Waals surface area contributed by atoms with Crippen LogP contribution < -0.4 is 4.74 Å². The molecule has 2 rings (SSSR count). The van der Waals surface area contributed by atoms with Gasteiger partial charge in [0.2, 0.25) is 0 Å². The van der Waals surface area contributed by atoms with Crippen molar-refractivity contribution in [3.63, 3.8) is 0 Å². The van der Waals surface area contributed by atoms with Gasteiger partial charge in [-0.1, -0.05) is 25.5 Å². The van der Waals surface area contributed by atoms with Gasteiger partial charge < -0.3 is 9.84 Å². The van der Waals surface area contributed by atoms with Crippen LogP contribution >= 0.6 is 11.6 Å². The zero-order chi connectivity index (χ0) is 18.4. The second-order valence-electron chi connectivity index (χ2n) is 5.69. The van der Waals surface area contributed by atoms with Crippen LogP contribution in [-0.2, 0) is 12.6 Å². The Morgan fingerprint density at radius 3 is 2.56 bits per heavy atom. The third-order valence-corrected chi connectivity index (χ3v) is 3.96. The molecule has 2 nitrogen and oxygen atoms in total. The zero-order valence-corrected chi connectivity index (χ0v) is 14.6. The first kappa shape index (κ1) is 19.4. The van der Waals surface area contributed by atoms with Crippen LogP contribution in [0.5, 0.6) is 11.5 Å². The highest BCUT2D eigenvalue weighted by Gasteiger charge is 2.34. The van der Waals surface area contributed by atoms with Gasteiger partial charge in [0.05, 0.1) is 12.2 Å². The first-order valence-corrected chi connectivity index (χ1v) is 8.62. The average molecular weight is 373 g/mol. The number of rotatable bonds is 7. The summed E-state index contributed by atoms with van der Waals surface area (Å²) in [6.45, 7) is 2.45. The number of hydrogen-bond acceptors (Lipinski definition) is 2. The number of unbranched alkanes of at least 4 members (excludes halogenated alkanes) is 1. The van der Waals surface area contributed by atoms with E-state index >= 15 is 0 Å². The minimum atomic E-state index is -4.51. The van der Waals surface area contributed by atoms with E-state index in [1.54, 1.807) is 6.07 Å². The maximum Gasteiger partial charge on any atom is 0.417 e. The Bertz CT molecular complexity index is 714. The average Bonchev–Trinajstić information content (AvgIpc) is 2.54. The van der Waals surface area contributed by atoms with Crippen molar-refractivity contribution in [2.45, 2.75) is 32.4 Å². The van der Waals surface area contributed by atoms with Gasteiger partial charge in [0.15, 0.2) is 0 Å². The van der Waals surface area contributed by atoms with Crippen molar-refractivity contribution in [1.82, 2.24) is 0 Å². The van der Waals surface area contributed by atoms with E-state index in [0.717, 1.165) is 18.9 Å². The van der Waals surface area contributed by atoms with E-state index in [0.29, 0.717) is 24.3 Å². The number of halogens is 4. The van der Waals surface area contributed by atoms with Crippen molar-refractivity contribution >= 4 is 11.6 Å². The van der Waals surface area contributed by atoms with Crippen LogP contribution in [0.1, 0.15) is 30.9 Å². The Morgan fingerprint density at radius 1 is 1.16 bits per heavy atom. The monoisotopic (exact) mass is 372 g/mol. The van der Waals surface area contributed by atoms with Gasteiger partial charge in [-0.3, -0.25) is 0 Å². The first-order chi connectivity index (χ1) is 11.9. The predicted molar refractivity (Wildman–Crippen MR) is 93.4 cm³/mol. The molecule has 0 aliphatic heterocycles. The van der Waals surface area contributed by atoms with Crippen LogP contribution in [0.4, 0.5) is 13.2 Å². The lowest BCUT2D eigenvalue weighted by atomic mass is 9.92. The van der Waals surface area contributed by atoms with E-state index < -0.39 is 11.7 Å². The van der Waals surface area contributed by atoms with E-state index in [9.17, 15) is 18.3 Å². The van der Waals surface area contributed by atoms with Gasteiger partial charge in [-0.2, -0.15) is 13.2 Å². The molecule has 0 amide bonds. The normalized spacial score (nSPS) is 11.6. The molecule has 0 aliphatic carbocycles. The summed E-state index contributed by atoms with van der Waals surface area (Å²) in [6, 6.07) is 8.27. The van der Waals surface area contributed by atoms with E-state index in [1.807, 2.05) is 6.92 Å². The summed E-state index contributed by atoms with van der Waals surface area (Å²) in [5, 5.41) is 9.94. The Balaban J connectivity index is 2.56. The molecular formula is C19H20ClF3O2. The van der Waals surface area contributed by atoms with Gasteiger partial charge in [-0.15, -0.1) is 11.6 Å². The van der Waals surface area contributed by atoms with E-state index in [-0.39, 0.29) is 22.8 Å². The smallest absolute Gasteiger partial charge is 0.417 e. The molecule has 0 fully saturated rings. The molecule has 6 heteroatoms. The number of hydrogen-bond donors (Lipinski definition) is 1. The molecule has 0 saturated heterocycles. The lowest BCUT2D eigenvalue weighted by Gasteiger charge is -2.18. The third kappa shape index (κ3) is 5.05. The Labute approximate surface area is 150 Å². The van der Waals surface area contributed by atoms with E-state index in [4.69, 9.17) is 16.3 Å². The molecule has 0 bridgehead atoms. The van der Waals surface area contributed by atoms with Crippen molar-refractivity contribution in [2.75, 3.05) is 12.5 Å². The van der Waals surface area contributed by atoms with Crippen LogP contribution in [0.25, 0.3) is 11.1 Å². The van der Waals surface area contributed by atoms with E-state index in [2.05, 4.69) is 0 Å². The molecule has 0 heterocycles. The Hall–Kier alpha value is -1.88. The topological polar surface area (TPSA) is 29.5 Å². The molecular weight excluding hydrogens is 353 g/mol. The zero-order valence-electron chi connectivity index (χ0n) is 13.9. The summed E-state index contributed by atoms with van der Waals surface area (Å²) in [7, 11) is 0. The summed E-state index contributed by atoms with van der Waals surface area (Å²) in [5.41, 5.74) is 0.0292. The van der Waals surface area contributed by atoms with Gasteiger partial charge in [0, 0.05) is 11.9 Å². The highest BCUT2D eigenvalue weighted by molar-refractivity contribution is 6.18. The van der Waals surface area contributed by atoms with Gasteiger partial charge in [-0.05, 0) is 47.7 Å². The molecule has 0 unspecified atom stereocenters. The quantitative estimate of drug-likeness (QED) is 0.474. The SMILES string of the molecule is CCCCOc1cc(O)cc(-c2c(CCCl)cccc2C(F)(F)F)c1. The standard InChI is InChI=1S/C19H20ClF3O2/c1-2-3-9-25-16-11-14(10-15(24)12-16)18-13(7-8-20)5-4-6-17(18)19(21,22)23/h4-6,10-12,24H,2-3,7-9H2,1H3. The summed E-state index contributed by atoms with van der Waals surface area (Å²) < 4.78 is 46.0. The number of phenols is 1. The van der Waals surface area contributed by atoms with Crippen molar-refractivity contribution < 1.29 is 23.0 Å². The van der Waals surface area contributed by atoms with Crippen molar-refractivity contribution in [3.05, 3.63) is 47.5 Å². The van der Waals surface area contributed by atoms with Gasteiger partial charge >= 0.3 is 6.18 Å². The maximum atomic E-state index is 13.5. The van der Waals surface area contributed by atoms with Crippen molar-refractivity contribution in [1.29, 1.82) is 0 Å². The molecule has 2 aromatic rings. The molecule has 136 valence electrons. The summed E-state index contributed by atoms with van der Waals surface area (Å²) in [4.78, 5) is 0. The summed E-state index contributed by atoms with van der Waals surface area (Å²) >= 11 is 5.75. The number of phenolic OH excluding ortho intramolecular Hbond substituents is 1. The predicted octanol–water partition coefficient (Wildman–Crippen LogP) is 6.04. The molecule has 0 spiro atoms. The molecule has 2 aromatic carbocycles. The fourth-order valence-corrected chi connectivity index (χ4v) is 2.84. The largest absolute Gasteiger partial charge is 0.508 e. The van der Waals surface area contributed by atoms with Gasteiger partial charge in [0.1, 0.15) is 11.5 Å². The molecule has 25 heavy (non-hydrogen) atoms. The number of ether oxygens (including phenoxy) is 1.